The van der Waals surface area contributed by atoms with Crippen LogP contribution in [-0.4, -0.2) is 33.4 Å². The Bertz CT molecular complexity index is 404. The Morgan fingerprint density at radius 3 is 2.88 bits per heavy atom. The van der Waals surface area contributed by atoms with Crippen LogP contribution in [0.1, 0.15) is 24.3 Å². The molecule has 1 unspecified atom stereocenters. The maximum atomic E-state index is 12.1. The Morgan fingerprint density at radius 1 is 1.75 bits per heavy atom. The average molecular weight is 220 g/mol. The van der Waals surface area contributed by atoms with Crippen molar-refractivity contribution in [2.75, 3.05) is 13.1 Å². The summed E-state index contributed by atoms with van der Waals surface area (Å²) in [6, 6.07) is 2.13. The molecule has 0 spiro atoms. The van der Waals surface area contributed by atoms with Crippen LogP contribution in [0.2, 0.25) is 0 Å². The van der Waals surface area contributed by atoms with Crippen molar-refractivity contribution in [1.29, 1.82) is 5.26 Å². The second-order valence-electron chi connectivity index (χ2n) is 3.76. The van der Waals surface area contributed by atoms with Gasteiger partial charge < -0.3 is 9.47 Å². The molecule has 0 aliphatic carbocycles. The fourth-order valence-corrected chi connectivity index (χ4v) is 1.45. The zero-order valence-electron chi connectivity index (χ0n) is 9.84. The minimum Gasteiger partial charge on any atom is -0.336 e. The Balaban J connectivity index is 2.79. The van der Waals surface area contributed by atoms with Gasteiger partial charge in [-0.05, 0) is 13.8 Å². The van der Waals surface area contributed by atoms with Gasteiger partial charge in [-0.1, -0.05) is 0 Å². The first-order chi connectivity index (χ1) is 7.60. The third-order valence-electron chi connectivity index (χ3n) is 2.42. The molecule has 16 heavy (non-hydrogen) atoms. The summed E-state index contributed by atoms with van der Waals surface area (Å²) in [5, 5.41) is 8.74. The van der Waals surface area contributed by atoms with Gasteiger partial charge in [-0.25, -0.2) is 4.98 Å². The van der Waals surface area contributed by atoms with E-state index in [-0.39, 0.29) is 11.8 Å². The van der Waals surface area contributed by atoms with E-state index in [1.807, 2.05) is 6.92 Å². The van der Waals surface area contributed by atoms with Crippen LogP contribution in [0.5, 0.6) is 0 Å². The van der Waals surface area contributed by atoms with Crippen molar-refractivity contribution >= 4 is 5.91 Å². The summed E-state index contributed by atoms with van der Waals surface area (Å²) in [5.74, 6) is -0.235. The summed E-state index contributed by atoms with van der Waals surface area (Å²) in [6.07, 6.45) is 3.14. The molecule has 0 bridgehead atoms. The molecule has 0 saturated heterocycles. The molecule has 0 radical (unpaired) electrons. The summed E-state index contributed by atoms with van der Waals surface area (Å²) in [4.78, 5) is 17.6. The first-order valence-electron chi connectivity index (χ1n) is 5.25. The summed E-state index contributed by atoms with van der Waals surface area (Å²) in [5.41, 5.74) is 0.548. The van der Waals surface area contributed by atoms with E-state index in [2.05, 4.69) is 11.1 Å². The molecule has 1 heterocycles. The van der Waals surface area contributed by atoms with Crippen molar-refractivity contribution in [3.05, 3.63) is 18.2 Å². The van der Waals surface area contributed by atoms with Gasteiger partial charge in [-0.15, -0.1) is 0 Å². The fraction of sp³-hybridized carbons (Fsp3) is 0.545. The van der Waals surface area contributed by atoms with Crippen molar-refractivity contribution in [3.8, 4) is 6.07 Å². The van der Waals surface area contributed by atoms with E-state index >= 15 is 0 Å². The number of aromatic nitrogens is 2. The fourth-order valence-electron chi connectivity index (χ4n) is 1.45. The van der Waals surface area contributed by atoms with Crippen molar-refractivity contribution in [1.82, 2.24) is 14.5 Å². The quantitative estimate of drug-likeness (QED) is 0.761. The summed E-state index contributed by atoms with van der Waals surface area (Å²) in [7, 11) is 1.78. The molecular weight excluding hydrogens is 204 g/mol. The maximum Gasteiger partial charge on any atom is 0.272 e. The zero-order valence-corrected chi connectivity index (χ0v) is 9.84. The number of imidazole rings is 1. The standard InChI is InChI=1S/C11H16N4O/c1-4-15(7-9(2)5-12)11(16)10-6-13-8-14(10)3/h6,8-9H,4,7H2,1-3H3. The molecule has 0 aliphatic rings. The van der Waals surface area contributed by atoms with Crippen molar-refractivity contribution in [2.24, 2.45) is 13.0 Å². The molecule has 86 valence electrons. The van der Waals surface area contributed by atoms with Crippen molar-refractivity contribution in [2.45, 2.75) is 13.8 Å². The predicted molar refractivity (Wildman–Crippen MR) is 59.6 cm³/mol. The number of carbonyl (C=O) groups excluding carboxylic acids is 1. The maximum absolute atomic E-state index is 12.1. The number of rotatable bonds is 4. The van der Waals surface area contributed by atoms with Gasteiger partial charge in [0.25, 0.3) is 5.91 Å². The van der Waals surface area contributed by atoms with Gasteiger partial charge in [0.05, 0.1) is 24.5 Å². The normalized spacial score (nSPS) is 11.9. The molecule has 0 saturated carbocycles. The highest BCUT2D eigenvalue weighted by Gasteiger charge is 2.18. The number of hydrogen-bond donors (Lipinski definition) is 0. The van der Waals surface area contributed by atoms with E-state index in [9.17, 15) is 4.79 Å². The molecule has 0 N–H and O–H groups in total. The molecule has 1 aromatic rings. The van der Waals surface area contributed by atoms with Crippen molar-refractivity contribution < 1.29 is 4.79 Å². The molecule has 5 nitrogen and oxygen atoms in total. The molecule has 0 aromatic carbocycles. The number of hydrogen-bond acceptors (Lipinski definition) is 3. The minimum atomic E-state index is -0.155. The average Bonchev–Trinajstić information content (AvgIpc) is 2.71. The molecule has 1 atom stereocenters. The number of aryl methyl sites for hydroxylation is 1. The van der Waals surface area contributed by atoms with Crippen LogP contribution >= 0.6 is 0 Å². The van der Waals surface area contributed by atoms with Gasteiger partial charge in [0.15, 0.2) is 0 Å². The van der Waals surface area contributed by atoms with Gasteiger partial charge in [0, 0.05) is 20.1 Å². The minimum absolute atomic E-state index is 0.0791. The van der Waals surface area contributed by atoms with Crippen molar-refractivity contribution in [3.63, 3.8) is 0 Å². The van der Waals surface area contributed by atoms with E-state index in [4.69, 9.17) is 5.26 Å². The van der Waals surface area contributed by atoms with Crippen LogP contribution in [0.15, 0.2) is 12.5 Å². The highest BCUT2D eigenvalue weighted by atomic mass is 16.2. The Kier molecular flexibility index (Phi) is 4.06. The monoisotopic (exact) mass is 220 g/mol. The first-order valence-corrected chi connectivity index (χ1v) is 5.25. The topological polar surface area (TPSA) is 61.9 Å². The van der Waals surface area contributed by atoms with Gasteiger partial charge in [-0.2, -0.15) is 5.26 Å². The van der Waals surface area contributed by atoms with E-state index in [0.29, 0.717) is 18.8 Å². The molecule has 1 amide bonds. The first kappa shape index (κ1) is 12.2. The second kappa shape index (κ2) is 5.31. The largest absolute Gasteiger partial charge is 0.336 e. The number of nitriles is 1. The van der Waals surface area contributed by atoms with Gasteiger partial charge in [-0.3, -0.25) is 4.79 Å². The van der Waals surface area contributed by atoms with E-state index < -0.39 is 0 Å². The number of carbonyl (C=O) groups is 1. The number of nitrogens with zero attached hydrogens (tertiary/aromatic N) is 4. The van der Waals surface area contributed by atoms with E-state index in [0.717, 1.165) is 0 Å². The van der Waals surface area contributed by atoms with Crippen LogP contribution < -0.4 is 0 Å². The smallest absolute Gasteiger partial charge is 0.272 e. The van der Waals surface area contributed by atoms with Crippen LogP contribution in [0.3, 0.4) is 0 Å². The lowest BCUT2D eigenvalue weighted by Gasteiger charge is -2.21. The van der Waals surface area contributed by atoms with Crippen LogP contribution in [0.25, 0.3) is 0 Å². The Morgan fingerprint density at radius 2 is 2.44 bits per heavy atom. The summed E-state index contributed by atoms with van der Waals surface area (Å²) < 4.78 is 1.68. The highest BCUT2D eigenvalue weighted by molar-refractivity contribution is 5.92. The Hall–Kier alpha value is -1.83. The summed E-state index contributed by atoms with van der Waals surface area (Å²) in [6.45, 7) is 4.75. The van der Waals surface area contributed by atoms with Crippen LogP contribution in [-0.2, 0) is 7.05 Å². The SMILES string of the molecule is CCN(CC(C)C#N)C(=O)c1cncn1C. The number of amides is 1. The molecular formula is C11H16N4O. The zero-order chi connectivity index (χ0) is 12.1. The lowest BCUT2D eigenvalue weighted by Crippen LogP contribution is -2.35. The Labute approximate surface area is 95.3 Å². The second-order valence-corrected chi connectivity index (χ2v) is 3.76. The van der Waals surface area contributed by atoms with Gasteiger partial charge >= 0.3 is 0 Å². The van der Waals surface area contributed by atoms with E-state index in [1.54, 1.807) is 36.0 Å². The molecule has 5 heteroatoms. The third-order valence-corrected chi connectivity index (χ3v) is 2.42. The predicted octanol–water partition coefficient (Wildman–Crippen LogP) is 1.04. The lowest BCUT2D eigenvalue weighted by molar-refractivity contribution is 0.0743. The van der Waals surface area contributed by atoms with Gasteiger partial charge in [0.2, 0.25) is 0 Å². The molecule has 0 fully saturated rings. The highest BCUT2D eigenvalue weighted by Crippen LogP contribution is 2.06. The molecule has 1 aromatic heterocycles. The molecule has 0 aliphatic heterocycles. The van der Waals surface area contributed by atoms with Crippen LogP contribution in [0, 0.1) is 17.2 Å². The van der Waals surface area contributed by atoms with Gasteiger partial charge in [0.1, 0.15) is 5.69 Å². The van der Waals surface area contributed by atoms with E-state index in [1.165, 1.54) is 0 Å². The van der Waals surface area contributed by atoms with Crippen LogP contribution in [0.4, 0.5) is 0 Å². The summed E-state index contributed by atoms with van der Waals surface area (Å²) >= 11 is 0. The lowest BCUT2D eigenvalue weighted by atomic mass is 10.2. The molecule has 1 rings (SSSR count). The third kappa shape index (κ3) is 2.60.